The van der Waals surface area contributed by atoms with Crippen LogP contribution in [0.1, 0.15) is 5.56 Å². The van der Waals surface area contributed by atoms with Crippen molar-refractivity contribution >= 4 is 0 Å². The van der Waals surface area contributed by atoms with E-state index < -0.39 is 59.5 Å². The molecular weight excluding hydrogens is 517 g/mol. The molecule has 0 unspecified atom stereocenters. The van der Waals surface area contributed by atoms with Crippen LogP contribution >= 0.6 is 0 Å². The Labute approximate surface area is 212 Å². The Bertz CT molecular complexity index is 1470. The Hall–Kier alpha value is -4.21. The first kappa shape index (κ1) is 26.8. The van der Waals surface area contributed by atoms with Crippen molar-refractivity contribution in [1.82, 2.24) is 0 Å². The lowest BCUT2D eigenvalue weighted by Crippen LogP contribution is -2.28. The van der Waals surface area contributed by atoms with Crippen molar-refractivity contribution in [2.75, 3.05) is 13.7 Å². The molecule has 0 saturated heterocycles. The topological polar surface area (TPSA) is 38.7 Å². The molecule has 0 amide bonds. The van der Waals surface area contributed by atoms with E-state index >= 15 is 0 Å². The van der Waals surface area contributed by atoms with Crippen LogP contribution in [0.4, 0.5) is 30.7 Å². The third-order valence-electron chi connectivity index (χ3n) is 5.74. The first-order valence-electron chi connectivity index (χ1n) is 11.1. The first-order chi connectivity index (χ1) is 18.0. The molecule has 0 heterocycles. The minimum absolute atomic E-state index is 0.0364. The number of phenolic OH excluding ortho intramolecular Hbond substituents is 1. The maximum Gasteiger partial charge on any atom is 0.285 e. The summed E-state index contributed by atoms with van der Waals surface area (Å²) in [7, 11) is 1.16. The summed E-state index contributed by atoms with van der Waals surface area (Å²) in [5.41, 5.74) is -0.0869. The predicted octanol–water partition coefficient (Wildman–Crippen LogP) is 7.69. The lowest BCUT2D eigenvalue weighted by atomic mass is 10.0. The molecule has 0 saturated carbocycles. The molecule has 0 atom stereocenters. The van der Waals surface area contributed by atoms with E-state index in [2.05, 4.69) is 4.74 Å². The normalized spacial score (nSPS) is 11.5. The summed E-state index contributed by atoms with van der Waals surface area (Å²) in [5, 5.41) is 9.23. The van der Waals surface area contributed by atoms with Crippen LogP contribution in [-0.2, 0) is 6.42 Å². The van der Waals surface area contributed by atoms with Crippen LogP contribution in [0.5, 0.6) is 17.2 Å². The number of rotatable bonds is 8. The van der Waals surface area contributed by atoms with Gasteiger partial charge in [0, 0.05) is 17.5 Å². The Kier molecular flexibility index (Phi) is 7.52. The zero-order chi connectivity index (χ0) is 27.6. The molecule has 1 N–H and O–H groups in total. The van der Waals surface area contributed by atoms with Gasteiger partial charge in [0.1, 0.15) is 0 Å². The van der Waals surface area contributed by atoms with Crippen LogP contribution in [0.25, 0.3) is 22.3 Å². The van der Waals surface area contributed by atoms with Gasteiger partial charge in [-0.05, 0) is 53.1 Å². The van der Waals surface area contributed by atoms with E-state index in [0.29, 0.717) is 0 Å². The Balaban J connectivity index is 1.43. The molecule has 4 aromatic carbocycles. The largest absolute Gasteiger partial charge is 0.505 e. The summed E-state index contributed by atoms with van der Waals surface area (Å²) in [4.78, 5) is 0. The van der Waals surface area contributed by atoms with Gasteiger partial charge in [0.2, 0.25) is 11.6 Å². The van der Waals surface area contributed by atoms with Gasteiger partial charge in [0.05, 0.1) is 7.11 Å². The fourth-order valence-corrected chi connectivity index (χ4v) is 3.80. The highest BCUT2D eigenvalue weighted by Crippen LogP contribution is 2.33. The fourth-order valence-electron chi connectivity index (χ4n) is 3.80. The summed E-state index contributed by atoms with van der Waals surface area (Å²) in [5.74, 6) is -11.4. The zero-order valence-corrected chi connectivity index (χ0v) is 19.7. The van der Waals surface area contributed by atoms with Gasteiger partial charge in [-0.25, -0.2) is 22.0 Å². The van der Waals surface area contributed by atoms with Gasteiger partial charge in [-0.15, -0.1) is 0 Å². The second kappa shape index (κ2) is 10.6. The van der Waals surface area contributed by atoms with Gasteiger partial charge in [-0.2, -0.15) is 8.78 Å². The monoisotopic (exact) mass is 536 g/mol. The van der Waals surface area contributed by atoms with Crippen LogP contribution in [-0.4, -0.2) is 24.7 Å². The van der Waals surface area contributed by atoms with Crippen molar-refractivity contribution in [1.29, 1.82) is 0 Å². The summed E-state index contributed by atoms with van der Waals surface area (Å²) >= 11 is 0. The average molecular weight is 536 g/mol. The molecule has 198 valence electrons. The summed E-state index contributed by atoms with van der Waals surface area (Å²) < 4.78 is 109. The van der Waals surface area contributed by atoms with E-state index in [9.17, 15) is 35.8 Å². The zero-order valence-electron chi connectivity index (χ0n) is 19.7. The molecule has 38 heavy (non-hydrogen) atoms. The van der Waals surface area contributed by atoms with Gasteiger partial charge in [-0.3, -0.25) is 0 Å². The van der Waals surface area contributed by atoms with E-state index in [-0.39, 0.29) is 33.6 Å². The van der Waals surface area contributed by atoms with Crippen molar-refractivity contribution in [3.63, 3.8) is 0 Å². The smallest absolute Gasteiger partial charge is 0.285 e. The minimum Gasteiger partial charge on any atom is -0.505 e. The number of halogens is 7. The molecule has 0 fully saturated rings. The molecule has 0 aliphatic carbocycles. The molecule has 0 bridgehead atoms. The third kappa shape index (κ3) is 5.53. The Morgan fingerprint density at radius 1 is 0.684 bits per heavy atom. The van der Waals surface area contributed by atoms with E-state index in [0.717, 1.165) is 31.4 Å². The lowest BCUT2D eigenvalue weighted by molar-refractivity contribution is -0.0408. The van der Waals surface area contributed by atoms with Gasteiger partial charge in [0.25, 0.3) is 5.92 Å². The van der Waals surface area contributed by atoms with Crippen molar-refractivity contribution < 1.29 is 45.3 Å². The maximum absolute atomic E-state index is 14.5. The highest BCUT2D eigenvalue weighted by atomic mass is 19.3. The van der Waals surface area contributed by atoms with Crippen molar-refractivity contribution in [3.8, 4) is 39.5 Å². The van der Waals surface area contributed by atoms with Gasteiger partial charge < -0.3 is 14.6 Å². The molecular formula is C28H19F7O3. The summed E-state index contributed by atoms with van der Waals surface area (Å²) in [6.07, 6.45) is -0.796. The second-order valence-corrected chi connectivity index (χ2v) is 8.37. The van der Waals surface area contributed by atoms with E-state index in [1.54, 1.807) is 0 Å². The molecule has 3 nitrogen and oxygen atoms in total. The quantitative estimate of drug-likeness (QED) is 0.235. The number of methoxy groups -OCH3 is 1. The molecule has 0 spiro atoms. The number of hydrogen-bond donors (Lipinski definition) is 1. The van der Waals surface area contributed by atoms with Crippen LogP contribution in [0.3, 0.4) is 0 Å². The molecule has 0 aromatic heterocycles. The Morgan fingerprint density at radius 3 is 1.92 bits per heavy atom. The van der Waals surface area contributed by atoms with Crippen LogP contribution in [0, 0.1) is 29.1 Å². The SMILES string of the molecule is COc1ccc(-c2ccc(OCC(F)(F)Cc3ccc(-c4ccc(O)c(F)c4F)cc3)c(F)c2)c(F)c1F. The van der Waals surface area contributed by atoms with Gasteiger partial charge in [-0.1, -0.05) is 30.3 Å². The van der Waals surface area contributed by atoms with Crippen molar-refractivity contribution in [2.45, 2.75) is 12.3 Å². The summed E-state index contributed by atoms with van der Waals surface area (Å²) in [6, 6.07) is 12.8. The number of hydrogen-bond acceptors (Lipinski definition) is 3. The predicted molar refractivity (Wildman–Crippen MR) is 126 cm³/mol. The van der Waals surface area contributed by atoms with Crippen LogP contribution in [0.15, 0.2) is 66.7 Å². The second-order valence-electron chi connectivity index (χ2n) is 8.37. The number of alkyl halides is 2. The van der Waals surface area contributed by atoms with E-state index in [1.165, 1.54) is 42.5 Å². The van der Waals surface area contributed by atoms with E-state index in [4.69, 9.17) is 4.74 Å². The molecule has 0 aliphatic heterocycles. The van der Waals surface area contributed by atoms with Crippen molar-refractivity contribution in [3.05, 3.63) is 101 Å². The first-order valence-corrected chi connectivity index (χ1v) is 11.1. The number of benzene rings is 4. The highest BCUT2D eigenvalue weighted by Gasteiger charge is 2.31. The molecule has 0 radical (unpaired) electrons. The average Bonchev–Trinajstić information content (AvgIpc) is 2.89. The minimum atomic E-state index is -3.44. The molecule has 4 aromatic rings. The fraction of sp³-hybridized carbons (Fsp3) is 0.143. The number of aromatic hydroxyl groups is 1. The standard InChI is InChI=1S/C28H19F7O3/c1-37-23-11-8-19(25(31)27(23)33)17-6-10-22(20(29)12-17)38-14-28(34,35)13-15-2-4-16(5-3-15)18-7-9-21(36)26(32)24(18)30/h2-12,36H,13-14H2,1H3. The van der Waals surface area contributed by atoms with Crippen molar-refractivity contribution in [2.24, 2.45) is 0 Å². The third-order valence-corrected chi connectivity index (χ3v) is 5.74. The van der Waals surface area contributed by atoms with Gasteiger partial charge in [0.15, 0.2) is 41.3 Å². The molecule has 4 rings (SSSR count). The summed E-state index contributed by atoms with van der Waals surface area (Å²) in [6.45, 7) is -1.19. The maximum atomic E-state index is 14.5. The van der Waals surface area contributed by atoms with Gasteiger partial charge >= 0.3 is 0 Å². The molecule has 0 aliphatic rings. The van der Waals surface area contributed by atoms with Crippen LogP contribution in [0.2, 0.25) is 0 Å². The number of ether oxygens (including phenoxy) is 2. The highest BCUT2D eigenvalue weighted by molar-refractivity contribution is 5.67. The Morgan fingerprint density at radius 2 is 1.26 bits per heavy atom. The van der Waals surface area contributed by atoms with E-state index in [1.807, 2.05) is 0 Å². The molecule has 10 heteroatoms. The lowest BCUT2D eigenvalue weighted by Gasteiger charge is -2.18. The number of phenols is 1. The van der Waals surface area contributed by atoms with Crippen LogP contribution < -0.4 is 9.47 Å².